The summed E-state index contributed by atoms with van der Waals surface area (Å²) in [6.07, 6.45) is 4.34. The second-order valence-electron chi connectivity index (χ2n) is 4.32. The third-order valence-corrected chi connectivity index (χ3v) is 3.67. The van der Waals surface area contributed by atoms with Crippen molar-refractivity contribution < 1.29 is 10.2 Å². The number of aliphatic hydroxyl groups excluding tert-OH is 2. The maximum Gasteiger partial charge on any atom is 0.0641 e. The van der Waals surface area contributed by atoms with Gasteiger partial charge in [-0.05, 0) is 30.3 Å². The smallest absolute Gasteiger partial charge is 0.0641 e. The summed E-state index contributed by atoms with van der Waals surface area (Å²) in [5.74, 6) is 1.22. The van der Waals surface area contributed by atoms with Crippen LogP contribution in [0.1, 0.15) is 19.8 Å². The summed E-state index contributed by atoms with van der Waals surface area (Å²) in [4.78, 5) is 0. The number of rotatable bonds is 2. The van der Waals surface area contributed by atoms with Crippen LogP contribution in [-0.4, -0.2) is 23.4 Å². The SMILES string of the molecule is C[C@]1(CO)[C@@H]2C=C(CO)CC[C@@H]21. The number of hydrogen-bond acceptors (Lipinski definition) is 2. The minimum Gasteiger partial charge on any atom is -0.396 e. The normalized spacial score (nSPS) is 45.1. The second kappa shape index (κ2) is 2.57. The van der Waals surface area contributed by atoms with E-state index in [1.807, 2.05) is 0 Å². The molecule has 0 aromatic heterocycles. The van der Waals surface area contributed by atoms with E-state index in [0.29, 0.717) is 11.8 Å². The molecular weight excluding hydrogens is 152 g/mol. The van der Waals surface area contributed by atoms with E-state index in [2.05, 4.69) is 13.0 Å². The van der Waals surface area contributed by atoms with Gasteiger partial charge in [0.2, 0.25) is 0 Å². The number of fused-ring (bicyclic) bond motifs is 1. The summed E-state index contributed by atoms with van der Waals surface area (Å²) in [5, 5.41) is 18.1. The van der Waals surface area contributed by atoms with Gasteiger partial charge in [-0.2, -0.15) is 0 Å². The molecule has 0 aliphatic heterocycles. The van der Waals surface area contributed by atoms with Crippen molar-refractivity contribution in [2.45, 2.75) is 19.8 Å². The first kappa shape index (κ1) is 8.27. The molecule has 1 saturated carbocycles. The Morgan fingerprint density at radius 3 is 2.92 bits per heavy atom. The molecule has 0 saturated heterocycles. The molecule has 2 rings (SSSR count). The minimum atomic E-state index is 0.136. The largest absolute Gasteiger partial charge is 0.396 e. The first-order valence-corrected chi connectivity index (χ1v) is 4.63. The molecule has 0 aromatic carbocycles. The standard InChI is InChI=1S/C10H16O2/c1-10(6-12)8-3-2-7(5-11)4-9(8)10/h4,8-9,11-12H,2-3,5-6H2,1H3/t8-,9+,10+/m0/s1. The fourth-order valence-corrected chi connectivity index (χ4v) is 2.55. The van der Waals surface area contributed by atoms with Crippen molar-refractivity contribution in [2.24, 2.45) is 17.3 Å². The Balaban J connectivity index is 2.12. The van der Waals surface area contributed by atoms with Gasteiger partial charge in [-0.25, -0.2) is 0 Å². The summed E-state index contributed by atoms with van der Waals surface area (Å²) >= 11 is 0. The molecule has 0 unspecified atom stereocenters. The molecule has 2 aliphatic carbocycles. The van der Waals surface area contributed by atoms with E-state index in [1.54, 1.807) is 0 Å². The van der Waals surface area contributed by atoms with Gasteiger partial charge < -0.3 is 10.2 Å². The molecule has 68 valence electrons. The Morgan fingerprint density at radius 2 is 2.33 bits per heavy atom. The monoisotopic (exact) mass is 168 g/mol. The topological polar surface area (TPSA) is 40.5 Å². The Kier molecular flexibility index (Phi) is 1.77. The molecule has 3 atom stereocenters. The van der Waals surface area contributed by atoms with Crippen LogP contribution < -0.4 is 0 Å². The zero-order valence-electron chi connectivity index (χ0n) is 7.45. The van der Waals surface area contributed by atoms with E-state index in [9.17, 15) is 0 Å². The fraction of sp³-hybridized carbons (Fsp3) is 0.800. The van der Waals surface area contributed by atoms with E-state index in [4.69, 9.17) is 10.2 Å². The van der Waals surface area contributed by atoms with Gasteiger partial charge in [0.05, 0.1) is 6.61 Å². The van der Waals surface area contributed by atoms with Crippen LogP contribution in [0.4, 0.5) is 0 Å². The highest BCUT2D eigenvalue weighted by atomic mass is 16.3. The second-order valence-corrected chi connectivity index (χ2v) is 4.32. The molecule has 0 radical (unpaired) electrons. The van der Waals surface area contributed by atoms with Gasteiger partial charge in [0.1, 0.15) is 0 Å². The average Bonchev–Trinajstić information content (AvgIpc) is 2.73. The molecule has 2 aliphatic rings. The Labute approximate surface area is 72.9 Å². The van der Waals surface area contributed by atoms with Crippen LogP contribution in [0, 0.1) is 17.3 Å². The molecule has 2 N–H and O–H groups in total. The molecule has 0 amide bonds. The fourth-order valence-electron chi connectivity index (χ4n) is 2.55. The van der Waals surface area contributed by atoms with Crippen molar-refractivity contribution in [3.63, 3.8) is 0 Å². The maximum absolute atomic E-state index is 9.16. The molecule has 2 heteroatoms. The van der Waals surface area contributed by atoms with Gasteiger partial charge in [0.15, 0.2) is 0 Å². The average molecular weight is 168 g/mol. The highest BCUT2D eigenvalue weighted by molar-refractivity contribution is 5.24. The van der Waals surface area contributed by atoms with Gasteiger partial charge in [-0.1, -0.05) is 13.0 Å². The van der Waals surface area contributed by atoms with Gasteiger partial charge in [0, 0.05) is 12.0 Å². The number of allylic oxidation sites excluding steroid dienone is 1. The Hall–Kier alpha value is -0.340. The molecule has 2 nitrogen and oxygen atoms in total. The summed E-state index contributed by atoms with van der Waals surface area (Å²) < 4.78 is 0. The van der Waals surface area contributed by atoms with Crippen molar-refractivity contribution in [2.75, 3.05) is 13.2 Å². The number of aliphatic hydroxyl groups is 2. The highest BCUT2D eigenvalue weighted by Gasteiger charge is 2.59. The van der Waals surface area contributed by atoms with Gasteiger partial charge in [0.25, 0.3) is 0 Å². The molecule has 0 heterocycles. The molecule has 12 heavy (non-hydrogen) atoms. The summed E-state index contributed by atoms with van der Waals surface area (Å²) in [5.41, 5.74) is 1.30. The van der Waals surface area contributed by atoms with E-state index < -0.39 is 0 Å². The third kappa shape index (κ3) is 0.947. The Morgan fingerprint density at radius 1 is 1.58 bits per heavy atom. The van der Waals surface area contributed by atoms with E-state index >= 15 is 0 Å². The molecule has 1 fully saturated rings. The number of hydrogen-bond donors (Lipinski definition) is 2. The van der Waals surface area contributed by atoms with Gasteiger partial charge >= 0.3 is 0 Å². The molecule has 0 spiro atoms. The van der Waals surface area contributed by atoms with Crippen molar-refractivity contribution in [1.29, 1.82) is 0 Å². The minimum absolute atomic E-state index is 0.136. The van der Waals surface area contributed by atoms with Crippen molar-refractivity contribution in [3.05, 3.63) is 11.6 Å². The first-order valence-electron chi connectivity index (χ1n) is 4.63. The molecule has 0 bridgehead atoms. The van der Waals surface area contributed by atoms with Crippen LogP contribution in [-0.2, 0) is 0 Å². The van der Waals surface area contributed by atoms with Crippen LogP contribution in [0.3, 0.4) is 0 Å². The maximum atomic E-state index is 9.16. The van der Waals surface area contributed by atoms with Gasteiger partial charge in [-0.3, -0.25) is 0 Å². The van der Waals surface area contributed by atoms with E-state index in [-0.39, 0.29) is 18.6 Å². The predicted molar refractivity (Wildman–Crippen MR) is 46.6 cm³/mol. The first-order chi connectivity index (χ1) is 5.72. The van der Waals surface area contributed by atoms with E-state index in [0.717, 1.165) is 18.4 Å². The quantitative estimate of drug-likeness (QED) is 0.602. The lowest BCUT2D eigenvalue weighted by atomic mass is 10.0. The van der Waals surface area contributed by atoms with E-state index in [1.165, 1.54) is 0 Å². The zero-order chi connectivity index (χ0) is 8.77. The highest BCUT2D eigenvalue weighted by Crippen LogP contribution is 2.63. The van der Waals surface area contributed by atoms with Crippen LogP contribution in [0.25, 0.3) is 0 Å². The summed E-state index contributed by atoms with van der Waals surface area (Å²) in [6, 6.07) is 0. The summed E-state index contributed by atoms with van der Waals surface area (Å²) in [7, 11) is 0. The van der Waals surface area contributed by atoms with Crippen molar-refractivity contribution >= 4 is 0 Å². The van der Waals surface area contributed by atoms with Crippen LogP contribution in [0.2, 0.25) is 0 Å². The lowest BCUT2D eigenvalue weighted by molar-refractivity contribution is 0.206. The Bertz CT molecular complexity index is 222. The lowest BCUT2D eigenvalue weighted by Gasteiger charge is -2.07. The van der Waals surface area contributed by atoms with Crippen LogP contribution in [0.5, 0.6) is 0 Å². The molecule has 0 aromatic rings. The zero-order valence-corrected chi connectivity index (χ0v) is 7.45. The van der Waals surface area contributed by atoms with Crippen molar-refractivity contribution in [3.8, 4) is 0 Å². The van der Waals surface area contributed by atoms with Crippen LogP contribution in [0.15, 0.2) is 11.6 Å². The predicted octanol–water partition coefficient (Wildman–Crippen LogP) is 0.944. The van der Waals surface area contributed by atoms with Gasteiger partial charge in [-0.15, -0.1) is 0 Å². The van der Waals surface area contributed by atoms with Crippen molar-refractivity contribution in [1.82, 2.24) is 0 Å². The third-order valence-electron chi connectivity index (χ3n) is 3.67. The molecular formula is C10H16O2. The summed E-state index contributed by atoms with van der Waals surface area (Å²) in [6.45, 7) is 2.63. The lowest BCUT2D eigenvalue weighted by Crippen LogP contribution is -2.04. The van der Waals surface area contributed by atoms with Crippen LogP contribution >= 0.6 is 0 Å².